The van der Waals surface area contributed by atoms with E-state index in [4.69, 9.17) is 4.74 Å². The van der Waals surface area contributed by atoms with Gasteiger partial charge in [-0.1, -0.05) is 30.3 Å². The van der Waals surface area contributed by atoms with Crippen LogP contribution in [0.2, 0.25) is 0 Å². The number of hydrogen-bond donors (Lipinski definition) is 1. The van der Waals surface area contributed by atoms with Gasteiger partial charge in [-0.05, 0) is 63.9 Å². The van der Waals surface area contributed by atoms with Crippen LogP contribution in [-0.4, -0.2) is 61.7 Å². The maximum Gasteiger partial charge on any atom is 0.242 e. The van der Waals surface area contributed by atoms with Crippen LogP contribution in [0, 0.1) is 0 Å². The standard InChI is InChI=1S/C26H37N3O5S/c1-20(25(31)27-26(2,3)4)29(19-21-14-16-22(34-6)17-15-21)24(30)13-10-18-28(5)35(32,33)23-11-8-7-9-12-23/h7-9,11-12,14-17,20H,10,13,18-19H2,1-6H3,(H,27,31)/t20-/m1/s1. The molecule has 35 heavy (non-hydrogen) atoms. The lowest BCUT2D eigenvalue weighted by Crippen LogP contribution is -2.52. The summed E-state index contributed by atoms with van der Waals surface area (Å²) in [7, 11) is -0.547. The first-order valence-electron chi connectivity index (χ1n) is 11.6. The molecule has 0 saturated carbocycles. The number of nitrogens with one attached hydrogen (secondary N) is 1. The number of ether oxygens (including phenoxy) is 1. The fraction of sp³-hybridized carbons (Fsp3) is 0.462. The molecule has 2 aromatic rings. The molecular weight excluding hydrogens is 466 g/mol. The number of carbonyl (C=O) groups is 2. The highest BCUT2D eigenvalue weighted by atomic mass is 32.2. The summed E-state index contributed by atoms with van der Waals surface area (Å²) < 4.78 is 31.9. The third-order valence-corrected chi connectivity index (χ3v) is 7.36. The molecule has 0 radical (unpaired) electrons. The van der Waals surface area contributed by atoms with Crippen LogP contribution in [0.25, 0.3) is 0 Å². The highest BCUT2D eigenvalue weighted by Crippen LogP contribution is 2.18. The van der Waals surface area contributed by atoms with Crippen molar-refractivity contribution < 1.29 is 22.7 Å². The number of rotatable bonds is 11. The lowest BCUT2D eigenvalue weighted by molar-refractivity contribution is -0.141. The van der Waals surface area contributed by atoms with Crippen molar-refractivity contribution in [2.45, 2.75) is 63.6 Å². The van der Waals surface area contributed by atoms with Crippen LogP contribution in [0.1, 0.15) is 46.1 Å². The summed E-state index contributed by atoms with van der Waals surface area (Å²) in [4.78, 5) is 27.8. The number of nitrogens with zero attached hydrogens (tertiary/aromatic N) is 2. The molecule has 0 aliphatic rings. The third kappa shape index (κ3) is 8.36. The maximum atomic E-state index is 13.2. The van der Waals surface area contributed by atoms with E-state index in [1.165, 1.54) is 16.3 Å². The van der Waals surface area contributed by atoms with Crippen LogP contribution < -0.4 is 10.1 Å². The summed E-state index contributed by atoms with van der Waals surface area (Å²) >= 11 is 0. The minimum atomic E-state index is -3.63. The summed E-state index contributed by atoms with van der Waals surface area (Å²) in [6, 6.07) is 14.8. The molecule has 0 bridgehead atoms. The van der Waals surface area contributed by atoms with Gasteiger partial charge in [0.2, 0.25) is 21.8 Å². The second-order valence-electron chi connectivity index (χ2n) is 9.53. The highest BCUT2D eigenvalue weighted by molar-refractivity contribution is 7.89. The maximum absolute atomic E-state index is 13.2. The van der Waals surface area contributed by atoms with E-state index in [2.05, 4.69) is 5.32 Å². The fourth-order valence-corrected chi connectivity index (χ4v) is 4.70. The molecule has 1 N–H and O–H groups in total. The van der Waals surface area contributed by atoms with E-state index < -0.39 is 21.6 Å². The molecular formula is C26H37N3O5S. The smallest absolute Gasteiger partial charge is 0.242 e. The summed E-state index contributed by atoms with van der Waals surface area (Å²) in [6.45, 7) is 7.79. The normalized spacial score (nSPS) is 12.8. The molecule has 9 heteroatoms. The van der Waals surface area contributed by atoms with Gasteiger partial charge in [0, 0.05) is 32.1 Å². The third-order valence-electron chi connectivity index (χ3n) is 5.49. The Kier molecular flexibility index (Phi) is 9.85. The molecule has 0 fully saturated rings. The van der Waals surface area contributed by atoms with Crippen molar-refractivity contribution in [2.24, 2.45) is 0 Å². The predicted molar refractivity (Wildman–Crippen MR) is 136 cm³/mol. The van der Waals surface area contributed by atoms with Gasteiger partial charge < -0.3 is 15.0 Å². The molecule has 192 valence electrons. The number of hydrogen-bond acceptors (Lipinski definition) is 5. The molecule has 1 atom stereocenters. The zero-order valence-corrected chi connectivity index (χ0v) is 22.3. The Hall–Kier alpha value is -2.91. The van der Waals surface area contributed by atoms with Crippen LogP contribution in [0.4, 0.5) is 0 Å². The average molecular weight is 504 g/mol. The molecule has 8 nitrogen and oxygen atoms in total. The van der Waals surface area contributed by atoms with Crippen molar-refractivity contribution in [3.63, 3.8) is 0 Å². The number of sulfonamides is 1. The van der Waals surface area contributed by atoms with Crippen LogP contribution in [0.5, 0.6) is 5.75 Å². The van der Waals surface area contributed by atoms with Crippen molar-refractivity contribution in [1.82, 2.24) is 14.5 Å². The molecule has 0 aromatic heterocycles. The lowest BCUT2D eigenvalue weighted by atomic mass is 10.1. The first-order valence-corrected chi connectivity index (χ1v) is 13.0. The van der Waals surface area contributed by atoms with Crippen molar-refractivity contribution >= 4 is 21.8 Å². The van der Waals surface area contributed by atoms with Gasteiger partial charge in [-0.3, -0.25) is 9.59 Å². The number of methoxy groups -OCH3 is 1. The summed E-state index contributed by atoms with van der Waals surface area (Å²) in [5.74, 6) is 0.235. The topological polar surface area (TPSA) is 96.0 Å². The quantitative estimate of drug-likeness (QED) is 0.507. The number of carbonyl (C=O) groups excluding carboxylic acids is 2. The Morgan fingerprint density at radius 1 is 1.03 bits per heavy atom. The SMILES string of the molecule is COc1ccc(CN(C(=O)CCCN(C)S(=O)(=O)c2ccccc2)[C@H](C)C(=O)NC(C)(C)C)cc1. The highest BCUT2D eigenvalue weighted by Gasteiger charge is 2.28. The van der Waals surface area contributed by atoms with Crippen molar-refractivity contribution in [2.75, 3.05) is 20.7 Å². The summed E-state index contributed by atoms with van der Waals surface area (Å²) in [5, 5.41) is 2.93. The number of amides is 2. The van der Waals surface area contributed by atoms with E-state index in [-0.39, 0.29) is 36.2 Å². The van der Waals surface area contributed by atoms with E-state index in [0.717, 1.165) is 5.56 Å². The van der Waals surface area contributed by atoms with Gasteiger partial charge in [0.1, 0.15) is 11.8 Å². The van der Waals surface area contributed by atoms with Crippen molar-refractivity contribution in [1.29, 1.82) is 0 Å². The Bertz CT molecular complexity index is 1080. The van der Waals surface area contributed by atoms with Crippen LogP contribution >= 0.6 is 0 Å². The molecule has 0 heterocycles. The Morgan fingerprint density at radius 2 is 1.63 bits per heavy atom. The Labute approximate surface area is 209 Å². The zero-order valence-electron chi connectivity index (χ0n) is 21.4. The molecule has 2 amide bonds. The molecule has 0 unspecified atom stereocenters. The first kappa shape index (κ1) is 28.3. The second kappa shape index (κ2) is 12.2. The zero-order chi connectivity index (χ0) is 26.2. The Morgan fingerprint density at radius 3 is 2.17 bits per heavy atom. The van der Waals surface area contributed by atoms with E-state index in [9.17, 15) is 18.0 Å². The molecule has 0 aliphatic carbocycles. The van der Waals surface area contributed by atoms with Gasteiger partial charge in [-0.25, -0.2) is 12.7 Å². The minimum absolute atomic E-state index is 0.109. The van der Waals surface area contributed by atoms with Gasteiger partial charge in [0.15, 0.2) is 0 Å². The lowest BCUT2D eigenvalue weighted by Gasteiger charge is -2.31. The van der Waals surface area contributed by atoms with E-state index in [1.54, 1.807) is 56.5 Å². The van der Waals surface area contributed by atoms with Gasteiger partial charge in [-0.15, -0.1) is 0 Å². The van der Waals surface area contributed by atoms with E-state index in [0.29, 0.717) is 12.2 Å². The molecule has 0 aliphatic heterocycles. The van der Waals surface area contributed by atoms with Crippen LogP contribution in [0.3, 0.4) is 0 Å². The van der Waals surface area contributed by atoms with Crippen LogP contribution in [-0.2, 0) is 26.2 Å². The molecule has 2 aromatic carbocycles. The molecule has 0 saturated heterocycles. The van der Waals surface area contributed by atoms with Crippen molar-refractivity contribution in [3.05, 3.63) is 60.2 Å². The van der Waals surface area contributed by atoms with Crippen LogP contribution in [0.15, 0.2) is 59.5 Å². The minimum Gasteiger partial charge on any atom is -0.497 e. The summed E-state index contributed by atoms with van der Waals surface area (Å²) in [5.41, 5.74) is 0.424. The fourth-order valence-electron chi connectivity index (χ4n) is 3.47. The average Bonchev–Trinajstić information content (AvgIpc) is 2.81. The summed E-state index contributed by atoms with van der Waals surface area (Å²) in [6.07, 6.45) is 0.437. The van der Waals surface area contributed by atoms with Gasteiger partial charge in [-0.2, -0.15) is 0 Å². The Balaban J connectivity index is 2.11. The van der Waals surface area contributed by atoms with Gasteiger partial charge >= 0.3 is 0 Å². The van der Waals surface area contributed by atoms with Gasteiger partial charge in [0.05, 0.1) is 12.0 Å². The van der Waals surface area contributed by atoms with Gasteiger partial charge in [0.25, 0.3) is 0 Å². The monoisotopic (exact) mass is 503 g/mol. The van der Waals surface area contributed by atoms with E-state index in [1.807, 2.05) is 32.9 Å². The first-order chi connectivity index (χ1) is 16.3. The predicted octanol–water partition coefficient (Wildman–Crippen LogP) is 3.43. The number of benzene rings is 2. The van der Waals surface area contributed by atoms with E-state index >= 15 is 0 Å². The molecule has 0 spiro atoms. The largest absolute Gasteiger partial charge is 0.497 e. The second-order valence-corrected chi connectivity index (χ2v) is 11.6. The van der Waals surface area contributed by atoms with Crippen molar-refractivity contribution in [3.8, 4) is 5.75 Å². The molecule has 2 rings (SSSR count).